The van der Waals surface area contributed by atoms with Crippen LogP contribution in [-0.2, 0) is 19.6 Å². The van der Waals surface area contributed by atoms with Crippen molar-refractivity contribution in [1.82, 2.24) is 4.72 Å². The molecule has 0 fully saturated rings. The van der Waals surface area contributed by atoms with Gasteiger partial charge in [-0.3, -0.25) is 4.79 Å². The summed E-state index contributed by atoms with van der Waals surface area (Å²) < 4.78 is 30.5. The van der Waals surface area contributed by atoms with Crippen LogP contribution in [0.15, 0.2) is 11.0 Å². The largest absolute Gasteiger partial charge is 0.468 e. The number of carbonyl (C=O) groups excluding carboxylic acids is 1. The highest BCUT2D eigenvalue weighted by Gasteiger charge is 2.23. The summed E-state index contributed by atoms with van der Waals surface area (Å²) in [6, 6.07) is 0.137. The molecule has 1 aromatic heterocycles. The number of halogens is 3. The predicted octanol–water partition coefficient (Wildman–Crippen LogP) is 1.26. The fraction of sp³-hybridized carbons (Fsp3) is 0.375. The van der Waals surface area contributed by atoms with E-state index in [-0.39, 0.29) is 32.5 Å². The molecule has 11 heteroatoms. The molecule has 0 bridgehead atoms. The zero-order valence-electron chi connectivity index (χ0n) is 9.55. The summed E-state index contributed by atoms with van der Waals surface area (Å²) in [4.78, 5) is 10.9. The van der Waals surface area contributed by atoms with Crippen molar-refractivity contribution >= 4 is 62.9 Å². The van der Waals surface area contributed by atoms with E-state index in [1.165, 1.54) is 6.07 Å². The van der Waals surface area contributed by atoms with Crippen LogP contribution < -0.4 is 10.5 Å². The Kier molecular flexibility index (Phi) is 7.59. The molecule has 6 nitrogen and oxygen atoms in total. The zero-order valence-corrected chi connectivity index (χ0v) is 13.5. The van der Waals surface area contributed by atoms with Gasteiger partial charge in [-0.25, -0.2) is 13.1 Å². The molecule has 1 rings (SSSR count). The van der Waals surface area contributed by atoms with Crippen molar-refractivity contribution in [3.8, 4) is 0 Å². The Balaban J connectivity index is 0.00000324. The predicted molar refractivity (Wildman–Crippen MR) is 76.8 cm³/mol. The summed E-state index contributed by atoms with van der Waals surface area (Å²) in [7, 11) is -2.69. The Morgan fingerprint density at radius 2 is 2.16 bits per heavy atom. The van der Waals surface area contributed by atoms with E-state index in [2.05, 4.69) is 9.46 Å². The van der Waals surface area contributed by atoms with Gasteiger partial charge in [0.1, 0.15) is 15.3 Å². The topological polar surface area (TPSA) is 98.5 Å². The summed E-state index contributed by atoms with van der Waals surface area (Å²) in [6.07, 6.45) is 0. The SMILES string of the molecule is COC(=O)C(N)CNS(=O)(=O)c1cc(Cl)sc1Cl.Cl. The summed E-state index contributed by atoms with van der Waals surface area (Å²) in [6.45, 7) is -0.293. The first-order valence-corrected chi connectivity index (χ1v) is 7.61. The maximum Gasteiger partial charge on any atom is 0.324 e. The highest BCUT2D eigenvalue weighted by Crippen LogP contribution is 2.33. The van der Waals surface area contributed by atoms with Crippen LogP contribution >= 0.6 is 46.9 Å². The number of nitrogens with one attached hydrogen (secondary N) is 1. The lowest BCUT2D eigenvalue weighted by molar-refractivity contribution is -0.141. The van der Waals surface area contributed by atoms with Gasteiger partial charge >= 0.3 is 5.97 Å². The third-order valence-corrected chi connectivity index (χ3v) is 5.09. The monoisotopic (exact) mass is 368 g/mol. The molecule has 1 aromatic rings. The standard InChI is InChI=1S/C8H10Cl2N2O4S2.ClH/c1-16-8(13)4(11)3-12-18(14,15)5-2-6(9)17-7(5)10;/h2,4,12H,3,11H2,1H3;1H. The van der Waals surface area contributed by atoms with Crippen molar-refractivity contribution in [3.63, 3.8) is 0 Å². The van der Waals surface area contributed by atoms with Gasteiger partial charge in [-0.05, 0) is 6.07 Å². The fourth-order valence-corrected chi connectivity index (χ4v) is 4.23. The van der Waals surface area contributed by atoms with Crippen LogP contribution in [-0.4, -0.2) is 34.1 Å². The van der Waals surface area contributed by atoms with Crippen LogP contribution in [0.2, 0.25) is 8.67 Å². The average Bonchev–Trinajstić information content (AvgIpc) is 2.65. The number of carbonyl (C=O) groups is 1. The Bertz CT molecular complexity index is 546. The van der Waals surface area contributed by atoms with Crippen LogP contribution in [0.4, 0.5) is 0 Å². The number of hydrogen-bond acceptors (Lipinski definition) is 6. The van der Waals surface area contributed by atoms with Crippen molar-refractivity contribution < 1.29 is 17.9 Å². The first-order valence-electron chi connectivity index (χ1n) is 4.56. The van der Waals surface area contributed by atoms with Crippen molar-refractivity contribution in [2.45, 2.75) is 10.9 Å². The molecular weight excluding hydrogens is 359 g/mol. The Morgan fingerprint density at radius 3 is 2.58 bits per heavy atom. The van der Waals surface area contributed by atoms with Gasteiger partial charge in [0.15, 0.2) is 0 Å². The Hall–Kier alpha value is -0.0900. The molecular formula is C8H11Cl3N2O4S2. The van der Waals surface area contributed by atoms with E-state index in [0.717, 1.165) is 18.4 Å². The molecule has 1 heterocycles. The number of hydrogen-bond donors (Lipinski definition) is 2. The van der Waals surface area contributed by atoms with Crippen molar-refractivity contribution in [2.24, 2.45) is 5.73 Å². The van der Waals surface area contributed by atoms with Gasteiger partial charge < -0.3 is 10.5 Å². The molecule has 0 saturated carbocycles. The summed E-state index contributed by atoms with van der Waals surface area (Å²) in [5.74, 6) is -0.716. The number of nitrogens with two attached hydrogens (primary N) is 1. The van der Waals surface area contributed by atoms with E-state index < -0.39 is 22.0 Å². The van der Waals surface area contributed by atoms with Gasteiger partial charge in [0.2, 0.25) is 10.0 Å². The summed E-state index contributed by atoms with van der Waals surface area (Å²) in [5.41, 5.74) is 5.40. The molecule has 3 N–H and O–H groups in total. The lowest BCUT2D eigenvalue weighted by Crippen LogP contribution is -2.43. The third kappa shape index (κ3) is 5.07. The minimum atomic E-state index is -3.85. The van der Waals surface area contributed by atoms with E-state index in [0.29, 0.717) is 0 Å². The molecule has 0 saturated heterocycles. The smallest absolute Gasteiger partial charge is 0.324 e. The molecule has 0 aliphatic rings. The molecule has 0 aromatic carbocycles. The van der Waals surface area contributed by atoms with Gasteiger partial charge in [0.25, 0.3) is 0 Å². The van der Waals surface area contributed by atoms with Crippen LogP contribution in [0.1, 0.15) is 0 Å². The van der Waals surface area contributed by atoms with E-state index in [1.807, 2.05) is 0 Å². The van der Waals surface area contributed by atoms with E-state index >= 15 is 0 Å². The minimum absolute atomic E-state index is 0. The molecule has 1 atom stereocenters. The zero-order chi connectivity index (χ0) is 13.9. The fourth-order valence-electron chi connectivity index (χ4n) is 1.02. The van der Waals surface area contributed by atoms with Crippen LogP contribution in [0, 0.1) is 0 Å². The third-order valence-electron chi connectivity index (χ3n) is 1.91. The molecule has 0 aliphatic heterocycles. The van der Waals surface area contributed by atoms with Crippen LogP contribution in [0.3, 0.4) is 0 Å². The number of ether oxygens (including phenoxy) is 1. The van der Waals surface area contributed by atoms with Crippen LogP contribution in [0.5, 0.6) is 0 Å². The average molecular weight is 370 g/mol. The van der Waals surface area contributed by atoms with E-state index in [1.54, 1.807) is 0 Å². The molecule has 0 radical (unpaired) electrons. The second-order valence-corrected chi connectivity index (χ2v) is 7.19. The number of rotatable bonds is 5. The molecule has 0 aliphatic carbocycles. The first-order chi connectivity index (χ1) is 8.27. The Labute approximate surface area is 130 Å². The molecule has 0 spiro atoms. The normalized spacial score (nSPS) is 12.6. The maximum atomic E-state index is 11.8. The van der Waals surface area contributed by atoms with Crippen molar-refractivity contribution in [1.29, 1.82) is 0 Å². The highest BCUT2D eigenvalue weighted by molar-refractivity contribution is 7.89. The number of methoxy groups -OCH3 is 1. The molecule has 19 heavy (non-hydrogen) atoms. The van der Waals surface area contributed by atoms with Gasteiger partial charge in [-0.15, -0.1) is 23.7 Å². The Morgan fingerprint density at radius 1 is 1.58 bits per heavy atom. The minimum Gasteiger partial charge on any atom is -0.468 e. The quantitative estimate of drug-likeness (QED) is 0.761. The van der Waals surface area contributed by atoms with Gasteiger partial charge in [-0.2, -0.15) is 0 Å². The van der Waals surface area contributed by atoms with E-state index in [4.69, 9.17) is 28.9 Å². The second kappa shape index (κ2) is 7.63. The molecule has 0 amide bonds. The summed E-state index contributed by atoms with van der Waals surface area (Å²) >= 11 is 12.3. The second-order valence-electron chi connectivity index (χ2n) is 3.17. The number of thiophene rings is 1. The van der Waals surface area contributed by atoms with Gasteiger partial charge in [0, 0.05) is 6.54 Å². The number of esters is 1. The van der Waals surface area contributed by atoms with Crippen LogP contribution in [0.25, 0.3) is 0 Å². The first kappa shape index (κ1) is 18.9. The van der Waals surface area contributed by atoms with E-state index in [9.17, 15) is 13.2 Å². The number of sulfonamides is 1. The molecule has 110 valence electrons. The summed E-state index contributed by atoms with van der Waals surface area (Å²) in [5, 5.41) is 0. The maximum absolute atomic E-state index is 11.8. The van der Waals surface area contributed by atoms with Gasteiger partial charge in [-0.1, -0.05) is 23.2 Å². The van der Waals surface area contributed by atoms with Crippen molar-refractivity contribution in [3.05, 3.63) is 14.7 Å². The van der Waals surface area contributed by atoms with Crippen molar-refractivity contribution in [2.75, 3.05) is 13.7 Å². The highest BCUT2D eigenvalue weighted by atomic mass is 35.5. The lowest BCUT2D eigenvalue weighted by Gasteiger charge is -2.10. The lowest BCUT2D eigenvalue weighted by atomic mass is 10.3. The van der Waals surface area contributed by atoms with Gasteiger partial charge in [0.05, 0.1) is 11.4 Å². The molecule has 1 unspecified atom stereocenters.